The molecule has 0 spiro atoms. The molecule has 0 N–H and O–H groups in total. The molecule has 0 aliphatic carbocycles. The van der Waals surface area contributed by atoms with Gasteiger partial charge < -0.3 is 0 Å². The Morgan fingerprint density at radius 2 is 1.61 bits per heavy atom. The highest BCUT2D eigenvalue weighted by Gasteiger charge is 2.13. The third-order valence-corrected chi connectivity index (χ3v) is 4.27. The fourth-order valence-electron chi connectivity index (χ4n) is 1.93. The van der Waals surface area contributed by atoms with Crippen LogP contribution >= 0.6 is 10.7 Å². The molecule has 0 saturated heterocycles. The smallest absolute Gasteiger partial charge is 0.207 e. The Morgan fingerprint density at radius 3 is 2.17 bits per heavy atom. The first-order chi connectivity index (χ1) is 8.38. The molecule has 2 nitrogen and oxygen atoms in total. The molecule has 2 rings (SSSR count). The van der Waals surface area contributed by atoms with Gasteiger partial charge in [-0.3, -0.25) is 0 Å². The van der Waals surface area contributed by atoms with Gasteiger partial charge in [0, 0.05) is 10.7 Å². The number of rotatable bonds is 2. The quantitative estimate of drug-likeness (QED) is 0.782. The van der Waals surface area contributed by atoms with E-state index in [0.29, 0.717) is 5.56 Å². The zero-order valence-corrected chi connectivity index (χ0v) is 11.7. The predicted molar refractivity (Wildman–Crippen MR) is 74.4 cm³/mol. The van der Waals surface area contributed by atoms with Crippen LogP contribution in [-0.4, -0.2) is 8.42 Å². The molecule has 2 aromatic rings. The molecule has 0 radical (unpaired) electrons. The van der Waals surface area contributed by atoms with Crippen LogP contribution in [0.4, 0.5) is 0 Å². The van der Waals surface area contributed by atoms with E-state index in [1.54, 1.807) is 19.1 Å². The highest BCUT2D eigenvalue weighted by molar-refractivity contribution is 8.13. The Morgan fingerprint density at radius 1 is 0.944 bits per heavy atom. The van der Waals surface area contributed by atoms with E-state index in [9.17, 15) is 8.42 Å². The maximum Gasteiger partial charge on any atom is 0.261 e. The van der Waals surface area contributed by atoms with Gasteiger partial charge in [0.1, 0.15) is 0 Å². The predicted octanol–water partition coefficient (Wildman–Crippen LogP) is 3.90. The van der Waals surface area contributed by atoms with Gasteiger partial charge in [0.2, 0.25) is 0 Å². The number of halogens is 1. The summed E-state index contributed by atoms with van der Waals surface area (Å²) < 4.78 is 22.6. The van der Waals surface area contributed by atoms with Crippen molar-refractivity contribution in [3.8, 4) is 11.1 Å². The number of aryl methyl sites for hydroxylation is 2. The van der Waals surface area contributed by atoms with Crippen LogP contribution in [-0.2, 0) is 9.05 Å². The van der Waals surface area contributed by atoms with Crippen LogP contribution in [0.3, 0.4) is 0 Å². The van der Waals surface area contributed by atoms with Crippen molar-refractivity contribution in [2.45, 2.75) is 18.7 Å². The summed E-state index contributed by atoms with van der Waals surface area (Å²) in [6, 6.07) is 13.2. The summed E-state index contributed by atoms with van der Waals surface area (Å²) in [7, 11) is 1.69. The zero-order chi connectivity index (χ0) is 13.3. The van der Waals surface area contributed by atoms with Crippen LogP contribution < -0.4 is 0 Å². The van der Waals surface area contributed by atoms with Crippen LogP contribution in [0.2, 0.25) is 0 Å². The fourth-order valence-corrected chi connectivity index (χ4v) is 3.12. The third kappa shape index (κ3) is 2.74. The first kappa shape index (κ1) is 13.1. The van der Waals surface area contributed by atoms with Crippen molar-refractivity contribution in [2.75, 3.05) is 0 Å². The molecule has 0 heterocycles. The zero-order valence-electron chi connectivity index (χ0n) is 10.1. The van der Waals surface area contributed by atoms with Gasteiger partial charge in [0.25, 0.3) is 9.05 Å². The Balaban J connectivity index is 2.53. The lowest BCUT2D eigenvalue weighted by molar-refractivity contribution is 0.609. The van der Waals surface area contributed by atoms with Gasteiger partial charge in [-0.1, -0.05) is 42.0 Å². The molecule has 94 valence electrons. The van der Waals surface area contributed by atoms with Crippen molar-refractivity contribution in [1.82, 2.24) is 0 Å². The van der Waals surface area contributed by atoms with Crippen molar-refractivity contribution in [2.24, 2.45) is 0 Å². The summed E-state index contributed by atoms with van der Waals surface area (Å²) in [4.78, 5) is 0.167. The van der Waals surface area contributed by atoms with E-state index >= 15 is 0 Å². The Kier molecular flexibility index (Phi) is 3.46. The average Bonchev–Trinajstić information content (AvgIpc) is 2.27. The van der Waals surface area contributed by atoms with E-state index in [4.69, 9.17) is 10.7 Å². The first-order valence-electron chi connectivity index (χ1n) is 5.50. The minimum atomic E-state index is -3.67. The molecule has 0 unspecified atom stereocenters. The first-order valence-corrected chi connectivity index (χ1v) is 7.81. The number of hydrogen-bond donors (Lipinski definition) is 0. The Hall–Kier alpha value is -1.32. The third-order valence-electron chi connectivity index (χ3n) is 2.79. The van der Waals surface area contributed by atoms with Gasteiger partial charge in [-0.15, -0.1) is 0 Å². The molecule has 0 amide bonds. The van der Waals surface area contributed by atoms with Crippen molar-refractivity contribution in [3.05, 3.63) is 53.6 Å². The molecule has 0 saturated carbocycles. The highest BCUT2D eigenvalue weighted by Crippen LogP contribution is 2.26. The fraction of sp³-hybridized carbons (Fsp3) is 0.143. The normalized spacial score (nSPS) is 11.5. The van der Waals surface area contributed by atoms with Gasteiger partial charge in [0.15, 0.2) is 0 Å². The van der Waals surface area contributed by atoms with E-state index in [1.807, 2.05) is 31.2 Å². The van der Waals surface area contributed by atoms with E-state index in [0.717, 1.165) is 11.1 Å². The lowest BCUT2D eigenvalue weighted by atomic mass is 10.0. The van der Waals surface area contributed by atoms with Crippen molar-refractivity contribution in [1.29, 1.82) is 0 Å². The minimum absolute atomic E-state index is 0.167. The SMILES string of the molecule is Cc1cccc(-c2ccc(S(=O)(=O)Cl)c(C)c2)c1. The highest BCUT2D eigenvalue weighted by atomic mass is 35.7. The maximum atomic E-state index is 11.3. The molecule has 2 aromatic carbocycles. The van der Waals surface area contributed by atoms with Crippen LogP contribution in [0.1, 0.15) is 11.1 Å². The molecular formula is C14H13ClO2S. The number of benzene rings is 2. The molecular weight excluding hydrogens is 268 g/mol. The Bertz CT molecular complexity index is 691. The summed E-state index contributed by atoms with van der Waals surface area (Å²) >= 11 is 0. The Labute approximate surface area is 112 Å². The topological polar surface area (TPSA) is 34.1 Å². The van der Waals surface area contributed by atoms with Crippen LogP contribution in [0.25, 0.3) is 11.1 Å². The molecule has 0 aromatic heterocycles. The lowest BCUT2D eigenvalue weighted by Crippen LogP contribution is -1.94. The molecule has 0 atom stereocenters. The monoisotopic (exact) mass is 280 g/mol. The van der Waals surface area contributed by atoms with Gasteiger partial charge in [-0.25, -0.2) is 8.42 Å². The second kappa shape index (κ2) is 4.75. The summed E-state index contributed by atoms with van der Waals surface area (Å²) in [6.45, 7) is 3.77. The molecule has 18 heavy (non-hydrogen) atoms. The summed E-state index contributed by atoms with van der Waals surface area (Å²) in [6.07, 6.45) is 0. The van der Waals surface area contributed by atoms with Crippen LogP contribution in [0.5, 0.6) is 0 Å². The summed E-state index contributed by atoms with van der Waals surface area (Å²) in [5, 5.41) is 0. The van der Waals surface area contributed by atoms with Crippen LogP contribution in [0, 0.1) is 13.8 Å². The van der Waals surface area contributed by atoms with Crippen LogP contribution in [0.15, 0.2) is 47.4 Å². The van der Waals surface area contributed by atoms with Gasteiger partial charge in [-0.05, 0) is 36.6 Å². The van der Waals surface area contributed by atoms with E-state index in [2.05, 4.69) is 6.07 Å². The summed E-state index contributed by atoms with van der Waals surface area (Å²) in [5.74, 6) is 0. The van der Waals surface area contributed by atoms with Crippen molar-refractivity contribution < 1.29 is 8.42 Å². The second-order valence-corrected chi connectivity index (χ2v) is 6.82. The van der Waals surface area contributed by atoms with Gasteiger partial charge in [-0.2, -0.15) is 0 Å². The van der Waals surface area contributed by atoms with Crippen molar-refractivity contribution >= 4 is 19.7 Å². The molecule has 0 aliphatic rings. The summed E-state index contributed by atoms with van der Waals surface area (Å²) in [5.41, 5.74) is 3.88. The van der Waals surface area contributed by atoms with E-state index in [-0.39, 0.29) is 4.90 Å². The maximum absolute atomic E-state index is 11.3. The van der Waals surface area contributed by atoms with E-state index < -0.39 is 9.05 Å². The average molecular weight is 281 g/mol. The minimum Gasteiger partial charge on any atom is -0.207 e. The standard InChI is InChI=1S/C14H13ClO2S/c1-10-4-3-5-12(8-10)13-6-7-14(11(2)9-13)18(15,16)17/h3-9H,1-2H3. The largest absolute Gasteiger partial charge is 0.261 e. The second-order valence-electron chi connectivity index (χ2n) is 4.29. The van der Waals surface area contributed by atoms with Gasteiger partial charge >= 0.3 is 0 Å². The molecule has 0 aliphatic heterocycles. The number of hydrogen-bond acceptors (Lipinski definition) is 2. The lowest BCUT2D eigenvalue weighted by Gasteiger charge is -2.07. The molecule has 0 bridgehead atoms. The molecule has 4 heteroatoms. The van der Waals surface area contributed by atoms with Crippen molar-refractivity contribution in [3.63, 3.8) is 0 Å². The van der Waals surface area contributed by atoms with Gasteiger partial charge in [0.05, 0.1) is 4.90 Å². The van der Waals surface area contributed by atoms with E-state index in [1.165, 1.54) is 5.56 Å². The molecule has 0 fully saturated rings.